The molecular weight excluding hydrogens is 492 g/mol. The molecular formula is C30H32N6O3. The Morgan fingerprint density at radius 2 is 1.95 bits per heavy atom. The van der Waals surface area contributed by atoms with Crippen LogP contribution < -0.4 is 15.8 Å². The average Bonchev–Trinajstić information content (AvgIpc) is 3.58. The first-order valence-corrected chi connectivity index (χ1v) is 13.8. The van der Waals surface area contributed by atoms with E-state index in [-0.39, 0.29) is 18.1 Å². The fraction of sp³-hybridized carbons (Fsp3) is 0.367. The van der Waals surface area contributed by atoms with Gasteiger partial charge in [-0.15, -0.1) is 0 Å². The molecule has 0 atom stereocenters. The molecule has 0 bridgehead atoms. The first kappa shape index (κ1) is 24.0. The van der Waals surface area contributed by atoms with E-state index in [4.69, 9.17) is 0 Å². The summed E-state index contributed by atoms with van der Waals surface area (Å²) in [5.74, 6) is 1.10. The topological polar surface area (TPSA) is 108 Å². The van der Waals surface area contributed by atoms with Crippen LogP contribution >= 0.6 is 0 Å². The Balaban J connectivity index is 1.25. The number of aliphatic hydroxyl groups is 1. The van der Waals surface area contributed by atoms with Crippen LogP contribution in [0.15, 0.2) is 47.4 Å². The Labute approximate surface area is 226 Å². The summed E-state index contributed by atoms with van der Waals surface area (Å²) in [5.41, 5.74) is 7.57. The van der Waals surface area contributed by atoms with Crippen LogP contribution in [0.25, 0.3) is 11.1 Å². The van der Waals surface area contributed by atoms with Crippen LogP contribution in [0.5, 0.6) is 0 Å². The molecule has 2 aliphatic carbocycles. The standard InChI is InChI=1S/C30H32N6O3/c1-34-16-20(13-24(29(34)38)31-28-15-23(32-33-28)18-9-10-18)21-6-4-8-26(22(21)17-37)36-12-11-35-25-7-3-2-5-19(25)14-27(35)30(36)39/h4,6,8,13-16,18,37H,2-3,5,7,9-12,17H2,1H3,(H2,31,32,33). The van der Waals surface area contributed by atoms with E-state index in [9.17, 15) is 14.7 Å². The molecule has 39 heavy (non-hydrogen) atoms. The fourth-order valence-electron chi connectivity index (χ4n) is 6.22. The Bertz CT molecular complexity index is 1660. The van der Waals surface area contributed by atoms with E-state index in [0.717, 1.165) is 54.7 Å². The summed E-state index contributed by atoms with van der Waals surface area (Å²) < 4.78 is 3.73. The molecule has 3 N–H and O–H groups in total. The number of carbonyl (C=O) groups is 1. The monoisotopic (exact) mass is 524 g/mol. The summed E-state index contributed by atoms with van der Waals surface area (Å²) in [5, 5.41) is 21.1. The Hall–Kier alpha value is -4.11. The Morgan fingerprint density at radius 1 is 1.10 bits per heavy atom. The highest BCUT2D eigenvalue weighted by Gasteiger charge is 2.31. The van der Waals surface area contributed by atoms with Crippen molar-refractivity contribution in [2.45, 2.75) is 57.6 Å². The second-order valence-corrected chi connectivity index (χ2v) is 10.9. The summed E-state index contributed by atoms with van der Waals surface area (Å²) in [6.45, 7) is 1.06. The van der Waals surface area contributed by atoms with Crippen LogP contribution in [0.4, 0.5) is 17.2 Å². The minimum atomic E-state index is -0.234. The molecule has 9 heteroatoms. The van der Waals surface area contributed by atoms with Gasteiger partial charge in [0.1, 0.15) is 11.4 Å². The number of hydrogen-bond acceptors (Lipinski definition) is 5. The molecule has 0 saturated heterocycles. The minimum Gasteiger partial charge on any atom is -0.392 e. The molecule has 1 fully saturated rings. The zero-order valence-corrected chi connectivity index (χ0v) is 22.0. The quantitative estimate of drug-likeness (QED) is 0.350. The lowest BCUT2D eigenvalue weighted by molar-refractivity contribution is 0.0964. The van der Waals surface area contributed by atoms with Crippen molar-refractivity contribution in [2.75, 3.05) is 16.8 Å². The number of amides is 1. The lowest BCUT2D eigenvalue weighted by atomic mass is 9.98. The van der Waals surface area contributed by atoms with Gasteiger partial charge in [-0.1, -0.05) is 12.1 Å². The normalized spacial score (nSPS) is 16.8. The number of nitrogens with one attached hydrogen (secondary N) is 2. The number of aromatic nitrogens is 4. The van der Waals surface area contributed by atoms with Crippen LogP contribution in [0.1, 0.15) is 64.6 Å². The second-order valence-electron chi connectivity index (χ2n) is 10.9. The number of rotatable bonds is 6. The summed E-state index contributed by atoms with van der Waals surface area (Å²) in [4.78, 5) is 28.5. The van der Waals surface area contributed by atoms with E-state index in [1.807, 2.05) is 24.3 Å². The largest absolute Gasteiger partial charge is 0.392 e. The highest BCUT2D eigenvalue weighted by molar-refractivity contribution is 6.07. The van der Waals surface area contributed by atoms with Gasteiger partial charge in [-0.3, -0.25) is 14.7 Å². The highest BCUT2D eigenvalue weighted by Crippen LogP contribution is 2.40. The van der Waals surface area contributed by atoms with Gasteiger partial charge in [0.15, 0.2) is 5.82 Å². The maximum Gasteiger partial charge on any atom is 0.274 e. The number of aryl methyl sites for hydroxylation is 2. The molecule has 4 heterocycles. The van der Waals surface area contributed by atoms with Crippen molar-refractivity contribution in [1.82, 2.24) is 19.3 Å². The smallest absolute Gasteiger partial charge is 0.274 e. The van der Waals surface area contributed by atoms with Crippen molar-refractivity contribution in [3.05, 3.63) is 81.2 Å². The Kier molecular flexibility index (Phi) is 5.70. The van der Waals surface area contributed by atoms with E-state index in [0.29, 0.717) is 35.2 Å². The van der Waals surface area contributed by atoms with Crippen LogP contribution in [-0.4, -0.2) is 36.9 Å². The number of hydrogen-bond donors (Lipinski definition) is 3. The van der Waals surface area contributed by atoms with E-state index in [1.54, 1.807) is 24.2 Å². The molecule has 200 valence electrons. The third-order valence-electron chi connectivity index (χ3n) is 8.39. The van der Waals surface area contributed by atoms with Gasteiger partial charge in [-0.25, -0.2) is 0 Å². The number of aliphatic hydroxyl groups excluding tert-OH is 1. The maximum absolute atomic E-state index is 13.7. The number of fused-ring (bicyclic) bond motifs is 3. The van der Waals surface area contributed by atoms with Gasteiger partial charge in [0.05, 0.1) is 12.3 Å². The minimum absolute atomic E-state index is 0.0321. The zero-order valence-electron chi connectivity index (χ0n) is 22.0. The Morgan fingerprint density at radius 3 is 2.77 bits per heavy atom. The molecule has 1 saturated carbocycles. The molecule has 1 aliphatic heterocycles. The fourth-order valence-corrected chi connectivity index (χ4v) is 6.22. The molecule has 0 radical (unpaired) electrons. The van der Waals surface area contributed by atoms with Crippen LogP contribution in [0, 0.1) is 0 Å². The summed E-state index contributed by atoms with van der Waals surface area (Å²) in [7, 11) is 1.71. The molecule has 0 spiro atoms. The summed E-state index contributed by atoms with van der Waals surface area (Å²) >= 11 is 0. The van der Waals surface area contributed by atoms with Gasteiger partial charge < -0.3 is 24.5 Å². The third kappa shape index (κ3) is 4.08. The van der Waals surface area contributed by atoms with Crippen molar-refractivity contribution in [1.29, 1.82) is 0 Å². The number of benzene rings is 1. The van der Waals surface area contributed by atoms with Gasteiger partial charge in [0, 0.05) is 60.8 Å². The van der Waals surface area contributed by atoms with Gasteiger partial charge in [-0.05, 0) is 67.9 Å². The van der Waals surface area contributed by atoms with E-state index in [1.165, 1.54) is 28.7 Å². The second kappa shape index (κ2) is 9.27. The van der Waals surface area contributed by atoms with Gasteiger partial charge in [0.25, 0.3) is 11.5 Å². The number of anilines is 3. The van der Waals surface area contributed by atoms with Crippen molar-refractivity contribution in [3.63, 3.8) is 0 Å². The first-order valence-electron chi connectivity index (χ1n) is 13.8. The molecule has 1 aromatic carbocycles. The van der Waals surface area contributed by atoms with Crippen molar-refractivity contribution in [3.8, 4) is 11.1 Å². The number of pyridine rings is 1. The molecule has 9 nitrogen and oxygen atoms in total. The summed E-state index contributed by atoms with van der Waals surface area (Å²) in [6.07, 6.45) is 8.49. The van der Waals surface area contributed by atoms with Gasteiger partial charge >= 0.3 is 0 Å². The molecule has 0 unspecified atom stereocenters. The molecule has 4 aromatic rings. The third-order valence-corrected chi connectivity index (χ3v) is 8.39. The van der Waals surface area contributed by atoms with Crippen molar-refractivity contribution >= 4 is 23.1 Å². The number of aromatic amines is 1. The maximum atomic E-state index is 13.7. The molecule has 3 aliphatic rings. The van der Waals surface area contributed by atoms with E-state index >= 15 is 0 Å². The number of carbonyl (C=O) groups excluding carboxylic acids is 1. The number of nitrogens with zero attached hydrogens (tertiary/aromatic N) is 4. The number of H-pyrrole nitrogens is 1. The van der Waals surface area contributed by atoms with Crippen LogP contribution in [-0.2, 0) is 33.0 Å². The summed E-state index contributed by atoms with van der Waals surface area (Å²) in [6, 6.07) is 11.6. The lowest BCUT2D eigenvalue weighted by Gasteiger charge is -2.31. The lowest BCUT2D eigenvalue weighted by Crippen LogP contribution is -2.41. The molecule has 3 aromatic heterocycles. The van der Waals surface area contributed by atoms with Gasteiger partial charge in [0.2, 0.25) is 0 Å². The average molecular weight is 525 g/mol. The first-order chi connectivity index (χ1) is 19.0. The van der Waals surface area contributed by atoms with Crippen LogP contribution in [0.3, 0.4) is 0 Å². The van der Waals surface area contributed by atoms with Gasteiger partial charge in [-0.2, -0.15) is 5.10 Å². The zero-order chi connectivity index (χ0) is 26.7. The SMILES string of the molecule is Cn1cc(-c2cccc(N3CCn4c(cc5c4CCCC5)C3=O)c2CO)cc(Nc2cc(C3CC3)[nH]n2)c1=O. The predicted octanol–water partition coefficient (Wildman–Crippen LogP) is 4.23. The van der Waals surface area contributed by atoms with Crippen molar-refractivity contribution < 1.29 is 9.90 Å². The van der Waals surface area contributed by atoms with Crippen molar-refractivity contribution in [2.24, 2.45) is 7.05 Å². The molecule has 7 rings (SSSR count). The van der Waals surface area contributed by atoms with Crippen LogP contribution in [0.2, 0.25) is 0 Å². The highest BCUT2D eigenvalue weighted by atomic mass is 16.3. The predicted molar refractivity (Wildman–Crippen MR) is 150 cm³/mol. The van der Waals surface area contributed by atoms with E-state index in [2.05, 4.69) is 26.1 Å². The molecule has 1 amide bonds. The van der Waals surface area contributed by atoms with E-state index < -0.39 is 0 Å².